The van der Waals surface area contributed by atoms with Crippen LogP contribution in [0.2, 0.25) is 0 Å². The number of nitrogens with one attached hydrogen (secondary N) is 1. The second-order valence-electron chi connectivity index (χ2n) is 7.17. The molecule has 0 aliphatic rings. The highest BCUT2D eigenvalue weighted by Gasteiger charge is 2.25. The lowest BCUT2D eigenvalue weighted by Crippen LogP contribution is -2.32. The first-order chi connectivity index (χ1) is 14.9. The Morgan fingerprint density at radius 3 is 2.19 bits per heavy atom. The van der Waals surface area contributed by atoms with Crippen molar-refractivity contribution in [2.24, 2.45) is 0 Å². The van der Waals surface area contributed by atoms with Crippen molar-refractivity contribution in [3.8, 4) is 0 Å². The lowest BCUT2D eigenvalue weighted by atomic mass is 9.99. The first kappa shape index (κ1) is 22.7. The van der Waals surface area contributed by atoms with E-state index in [1.54, 1.807) is 45.3 Å². The van der Waals surface area contributed by atoms with Crippen LogP contribution in [0.3, 0.4) is 0 Å². The lowest BCUT2D eigenvalue weighted by Gasteiger charge is -2.22. The number of carbonyl (C=O) groups is 1. The molecule has 1 atom stereocenters. The molecule has 0 bridgehead atoms. The van der Waals surface area contributed by atoms with E-state index >= 15 is 0 Å². The fraction of sp³-hybridized carbons (Fsp3) is 0.250. The van der Waals surface area contributed by atoms with Gasteiger partial charge in [0.05, 0.1) is 10.9 Å². The molecule has 2 aromatic carbocycles. The monoisotopic (exact) mass is 437 g/mol. The smallest absolute Gasteiger partial charge is 0.252 e. The molecule has 1 N–H and O–H groups in total. The highest BCUT2D eigenvalue weighted by molar-refractivity contribution is 7.89. The fourth-order valence-corrected chi connectivity index (χ4v) is 5.21. The molecule has 0 saturated heterocycles. The zero-order valence-corrected chi connectivity index (χ0v) is 18.8. The summed E-state index contributed by atoms with van der Waals surface area (Å²) in [5, 5.41) is 3.05. The Kier molecular flexibility index (Phi) is 7.20. The molecule has 0 saturated carbocycles. The van der Waals surface area contributed by atoms with Crippen molar-refractivity contribution in [3.63, 3.8) is 0 Å². The molecule has 0 fully saturated rings. The highest BCUT2D eigenvalue weighted by atomic mass is 32.2. The predicted octanol–water partition coefficient (Wildman–Crippen LogP) is 3.94. The standard InChI is InChI=1S/C24H27N3O3S/c1-4-27(5-2)31(29,30)22-17-21(12-11-18(22)3)24(28)26-23(19-9-7-6-8-10-19)20-13-15-25-16-14-20/h6-17,23H,4-5H2,1-3H3,(H,26,28). The van der Waals surface area contributed by atoms with E-state index in [4.69, 9.17) is 0 Å². The maximum atomic E-state index is 13.2. The van der Waals surface area contributed by atoms with Gasteiger partial charge in [-0.2, -0.15) is 4.31 Å². The van der Waals surface area contributed by atoms with Crippen LogP contribution in [0.5, 0.6) is 0 Å². The second-order valence-corrected chi connectivity index (χ2v) is 9.07. The van der Waals surface area contributed by atoms with E-state index in [1.165, 1.54) is 10.4 Å². The summed E-state index contributed by atoms with van der Waals surface area (Å²) in [6.45, 7) is 6.07. The summed E-state index contributed by atoms with van der Waals surface area (Å²) in [4.78, 5) is 17.4. The third-order valence-electron chi connectivity index (χ3n) is 5.22. The Balaban J connectivity index is 1.97. The van der Waals surface area contributed by atoms with Crippen molar-refractivity contribution in [1.82, 2.24) is 14.6 Å². The minimum atomic E-state index is -3.68. The average Bonchev–Trinajstić information content (AvgIpc) is 2.79. The number of nitrogens with zero attached hydrogens (tertiary/aromatic N) is 2. The van der Waals surface area contributed by atoms with Crippen molar-refractivity contribution in [1.29, 1.82) is 0 Å². The predicted molar refractivity (Wildman–Crippen MR) is 121 cm³/mol. The number of hydrogen-bond acceptors (Lipinski definition) is 4. The van der Waals surface area contributed by atoms with Crippen molar-refractivity contribution in [3.05, 3.63) is 95.3 Å². The molecule has 1 unspecified atom stereocenters. The summed E-state index contributed by atoms with van der Waals surface area (Å²) >= 11 is 0. The molecule has 1 aromatic heterocycles. The number of aromatic nitrogens is 1. The molecule has 1 heterocycles. The van der Waals surface area contributed by atoms with Crippen LogP contribution in [0.1, 0.15) is 46.9 Å². The van der Waals surface area contributed by atoms with Crippen LogP contribution in [0.4, 0.5) is 0 Å². The molecule has 31 heavy (non-hydrogen) atoms. The van der Waals surface area contributed by atoms with Crippen molar-refractivity contribution in [2.45, 2.75) is 31.7 Å². The summed E-state index contributed by atoms with van der Waals surface area (Å²) in [7, 11) is -3.68. The molecule has 1 amide bonds. The van der Waals surface area contributed by atoms with Crippen LogP contribution in [-0.4, -0.2) is 36.7 Å². The van der Waals surface area contributed by atoms with Gasteiger partial charge in [-0.15, -0.1) is 0 Å². The van der Waals surface area contributed by atoms with Crippen LogP contribution in [0.25, 0.3) is 0 Å². The first-order valence-corrected chi connectivity index (χ1v) is 11.7. The largest absolute Gasteiger partial charge is 0.341 e. The third-order valence-corrected chi connectivity index (χ3v) is 7.41. The first-order valence-electron chi connectivity index (χ1n) is 10.2. The molecule has 3 aromatic rings. The van der Waals surface area contributed by atoms with Gasteiger partial charge in [-0.1, -0.05) is 50.2 Å². The van der Waals surface area contributed by atoms with E-state index in [9.17, 15) is 13.2 Å². The van der Waals surface area contributed by atoms with Gasteiger partial charge in [-0.25, -0.2) is 8.42 Å². The molecule has 0 spiro atoms. The Labute approximate surface area is 184 Å². The Hall–Kier alpha value is -3.03. The number of benzene rings is 2. The molecule has 3 rings (SSSR count). The van der Waals surface area contributed by atoms with Crippen LogP contribution in [0.15, 0.2) is 78.0 Å². The van der Waals surface area contributed by atoms with Gasteiger partial charge in [0.2, 0.25) is 10.0 Å². The zero-order valence-electron chi connectivity index (χ0n) is 17.9. The quantitative estimate of drug-likeness (QED) is 0.579. The maximum Gasteiger partial charge on any atom is 0.252 e. The third kappa shape index (κ3) is 5.00. The molecule has 162 valence electrons. The SMILES string of the molecule is CCN(CC)S(=O)(=O)c1cc(C(=O)NC(c2ccccc2)c2ccncc2)ccc1C. The number of sulfonamides is 1. The van der Waals surface area contributed by atoms with E-state index in [0.29, 0.717) is 24.2 Å². The van der Waals surface area contributed by atoms with Gasteiger partial charge in [0.15, 0.2) is 0 Å². The van der Waals surface area contributed by atoms with Gasteiger partial charge in [-0.3, -0.25) is 9.78 Å². The van der Waals surface area contributed by atoms with Gasteiger partial charge >= 0.3 is 0 Å². The Morgan fingerprint density at radius 1 is 0.968 bits per heavy atom. The second kappa shape index (κ2) is 9.85. The zero-order chi connectivity index (χ0) is 22.4. The number of hydrogen-bond donors (Lipinski definition) is 1. The Morgan fingerprint density at radius 2 is 1.58 bits per heavy atom. The molecule has 6 nitrogen and oxygen atoms in total. The topological polar surface area (TPSA) is 79.4 Å². The number of rotatable bonds is 8. The minimum absolute atomic E-state index is 0.157. The fourth-order valence-electron chi connectivity index (χ4n) is 3.50. The van der Waals surface area contributed by atoms with Crippen LogP contribution in [-0.2, 0) is 10.0 Å². The molecule has 7 heteroatoms. The number of amides is 1. The number of aryl methyl sites for hydroxylation is 1. The van der Waals surface area contributed by atoms with Crippen molar-refractivity contribution in [2.75, 3.05) is 13.1 Å². The van der Waals surface area contributed by atoms with E-state index in [0.717, 1.165) is 11.1 Å². The number of pyridine rings is 1. The van der Waals surface area contributed by atoms with Crippen LogP contribution in [0, 0.1) is 6.92 Å². The Bertz CT molecular complexity index is 1090. The van der Waals surface area contributed by atoms with Gasteiger partial charge in [0.1, 0.15) is 0 Å². The van der Waals surface area contributed by atoms with E-state index in [2.05, 4.69) is 10.3 Å². The summed E-state index contributed by atoms with van der Waals surface area (Å²) in [5.41, 5.74) is 2.71. The molecule has 0 radical (unpaired) electrons. The van der Waals surface area contributed by atoms with Crippen molar-refractivity contribution >= 4 is 15.9 Å². The highest BCUT2D eigenvalue weighted by Crippen LogP contribution is 2.24. The van der Waals surface area contributed by atoms with Gasteiger partial charge in [0.25, 0.3) is 5.91 Å². The van der Waals surface area contributed by atoms with E-state index < -0.39 is 10.0 Å². The summed E-state index contributed by atoms with van der Waals surface area (Å²) in [6.07, 6.45) is 3.36. The maximum absolute atomic E-state index is 13.2. The van der Waals surface area contributed by atoms with Crippen molar-refractivity contribution < 1.29 is 13.2 Å². The molecular formula is C24H27N3O3S. The average molecular weight is 438 g/mol. The summed E-state index contributed by atoms with van der Waals surface area (Å²) < 4.78 is 27.5. The minimum Gasteiger partial charge on any atom is -0.341 e. The van der Waals surface area contributed by atoms with Crippen LogP contribution >= 0.6 is 0 Å². The number of carbonyl (C=O) groups excluding carboxylic acids is 1. The van der Waals surface area contributed by atoms with E-state index in [-0.39, 0.29) is 16.8 Å². The molecule has 0 aliphatic carbocycles. The molecular weight excluding hydrogens is 410 g/mol. The van der Waals surface area contributed by atoms with Gasteiger partial charge in [0, 0.05) is 31.0 Å². The van der Waals surface area contributed by atoms with Crippen LogP contribution < -0.4 is 5.32 Å². The van der Waals surface area contributed by atoms with Gasteiger partial charge < -0.3 is 5.32 Å². The molecule has 0 aliphatic heterocycles. The summed E-state index contributed by atoms with van der Waals surface area (Å²) in [5.74, 6) is -0.346. The van der Waals surface area contributed by atoms with Gasteiger partial charge in [-0.05, 0) is 47.9 Å². The normalized spacial score (nSPS) is 12.5. The summed E-state index contributed by atoms with van der Waals surface area (Å²) in [6, 6.07) is 17.7. The lowest BCUT2D eigenvalue weighted by molar-refractivity contribution is 0.0942. The van der Waals surface area contributed by atoms with E-state index in [1.807, 2.05) is 42.5 Å².